The van der Waals surface area contributed by atoms with Crippen LogP contribution in [0.25, 0.3) is 10.9 Å². The molecule has 1 heterocycles. The maximum atomic E-state index is 12.7. The summed E-state index contributed by atoms with van der Waals surface area (Å²) in [5, 5.41) is 13.3. The molecule has 0 aliphatic heterocycles. The van der Waals surface area contributed by atoms with E-state index < -0.39 is 5.97 Å². The molecule has 0 saturated carbocycles. The second kappa shape index (κ2) is 7.95. The Morgan fingerprint density at radius 1 is 1.07 bits per heavy atom. The normalized spacial score (nSPS) is 10.7. The summed E-state index contributed by atoms with van der Waals surface area (Å²) in [5.41, 5.74) is 2.06. The number of rotatable bonds is 7. The Kier molecular flexibility index (Phi) is 5.45. The number of nitrogens with zero attached hydrogens (tertiary/aromatic N) is 1. The highest BCUT2D eigenvalue weighted by atomic mass is 16.5. The van der Waals surface area contributed by atoms with Crippen LogP contribution in [0.2, 0.25) is 0 Å². The van der Waals surface area contributed by atoms with Crippen molar-refractivity contribution >= 4 is 28.5 Å². The van der Waals surface area contributed by atoms with E-state index in [1.807, 2.05) is 50.2 Å². The Hall–Kier alpha value is -3.28. The third-order valence-electron chi connectivity index (χ3n) is 4.39. The maximum absolute atomic E-state index is 12.7. The summed E-state index contributed by atoms with van der Waals surface area (Å²) in [6.45, 7) is 4.76. The number of benzene rings is 2. The Labute approximate surface area is 157 Å². The number of nitrogens with one attached hydrogen (secondary N) is 1. The highest BCUT2D eigenvalue weighted by Crippen LogP contribution is 2.28. The number of carboxylic acid groups (broad SMARTS) is 1. The topological polar surface area (TPSA) is 80.6 Å². The Balaban J connectivity index is 1.96. The average molecular weight is 366 g/mol. The highest BCUT2D eigenvalue weighted by molar-refractivity contribution is 6.03. The molecule has 0 spiro atoms. The van der Waals surface area contributed by atoms with Crippen LogP contribution in [-0.4, -0.2) is 28.2 Å². The number of amides is 1. The van der Waals surface area contributed by atoms with Gasteiger partial charge in [-0.05, 0) is 32.0 Å². The van der Waals surface area contributed by atoms with Crippen LogP contribution in [0, 0.1) is 0 Å². The van der Waals surface area contributed by atoms with Gasteiger partial charge in [-0.2, -0.15) is 0 Å². The fraction of sp³-hybridized carbons (Fsp3) is 0.238. The van der Waals surface area contributed by atoms with Crippen molar-refractivity contribution in [2.24, 2.45) is 0 Å². The van der Waals surface area contributed by atoms with Crippen molar-refractivity contribution < 1.29 is 19.4 Å². The van der Waals surface area contributed by atoms with Gasteiger partial charge in [-0.15, -0.1) is 0 Å². The Morgan fingerprint density at radius 3 is 2.48 bits per heavy atom. The lowest BCUT2D eigenvalue weighted by atomic mass is 10.1. The molecular formula is C21H22N2O4. The molecule has 6 heteroatoms. The van der Waals surface area contributed by atoms with Crippen LogP contribution in [-0.2, 0) is 17.8 Å². The lowest BCUT2D eigenvalue weighted by Crippen LogP contribution is -2.18. The summed E-state index contributed by atoms with van der Waals surface area (Å²) in [4.78, 5) is 24.6. The lowest BCUT2D eigenvalue weighted by Gasteiger charge is -2.11. The van der Waals surface area contributed by atoms with Gasteiger partial charge in [0, 0.05) is 23.0 Å². The number of para-hydroxylation sites is 3. The van der Waals surface area contributed by atoms with Gasteiger partial charge in [0.1, 0.15) is 11.4 Å². The van der Waals surface area contributed by atoms with Gasteiger partial charge in [0.15, 0.2) is 0 Å². The van der Waals surface area contributed by atoms with Crippen LogP contribution in [0.5, 0.6) is 5.75 Å². The molecule has 0 atom stereocenters. The van der Waals surface area contributed by atoms with Crippen molar-refractivity contribution in [3.8, 4) is 5.75 Å². The smallest absolute Gasteiger partial charge is 0.352 e. The van der Waals surface area contributed by atoms with Gasteiger partial charge in [0.05, 0.1) is 18.7 Å². The van der Waals surface area contributed by atoms with E-state index in [0.29, 0.717) is 30.2 Å². The van der Waals surface area contributed by atoms with Gasteiger partial charge < -0.3 is 19.7 Å². The monoisotopic (exact) mass is 366 g/mol. The first-order valence-corrected chi connectivity index (χ1v) is 8.91. The zero-order valence-corrected chi connectivity index (χ0v) is 15.4. The quantitative estimate of drug-likeness (QED) is 0.664. The number of fused-ring (bicyclic) bond motifs is 1. The van der Waals surface area contributed by atoms with E-state index in [0.717, 1.165) is 10.9 Å². The maximum Gasteiger partial charge on any atom is 0.352 e. The molecule has 0 unspecified atom stereocenters. The molecule has 3 aromatic rings. The van der Waals surface area contributed by atoms with Crippen LogP contribution in [0.4, 0.5) is 5.69 Å². The van der Waals surface area contributed by atoms with E-state index in [9.17, 15) is 14.7 Å². The lowest BCUT2D eigenvalue weighted by molar-refractivity contribution is -0.115. The first-order chi connectivity index (χ1) is 13.1. The van der Waals surface area contributed by atoms with Gasteiger partial charge in [-0.1, -0.05) is 30.3 Å². The number of hydrogen-bond acceptors (Lipinski definition) is 3. The van der Waals surface area contributed by atoms with E-state index >= 15 is 0 Å². The number of carbonyl (C=O) groups excluding carboxylic acids is 1. The zero-order chi connectivity index (χ0) is 19.4. The zero-order valence-electron chi connectivity index (χ0n) is 15.4. The number of carbonyl (C=O) groups is 2. The minimum Gasteiger partial charge on any atom is -0.492 e. The molecule has 0 fully saturated rings. The van der Waals surface area contributed by atoms with Crippen molar-refractivity contribution in [1.82, 2.24) is 4.57 Å². The predicted molar refractivity (Wildman–Crippen MR) is 105 cm³/mol. The predicted octanol–water partition coefficient (Wildman–Crippen LogP) is 3.94. The van der Waals surface area contributed by atoms with Crippen LogP contribution < -0.4 is 10.1 Å². The standard InChI is InChI=1S/C21H22N2O4/c1-3-23-17-11-7-5-9-14(17)15(20(23)21(25)26)13-19(24)22-16-10-6-8-12-18(16)27-4-2/h5-12H,3-4,13H2,1-2H3,(H,22,24)(H,25,26). The van der Waals surface area contributed by atoms with Crippen molar-refractivity contribution in [1.29, 1.82) is 0 Å². The number of anilines is 1. The molecule has 27 heavy (non-hydrogen) atoms. The fourth-order valence-corrected chi connectivity index (χ4v) is 3.33. The van der Waals surface area contributed by atoms with Gasteiger partial charge >= 0.3 is 5.97 Å². The van der Waals surface area contributed by atoms with Crippen molar-refractivity contribution in [3.05, 3.63) is 59.8 Å². The number of aromatic carboxylic acids is 1. The molecule has 3 rings (SSSR count). The summed E-state index contributed by atoms with van der Waals surface area (Å²) >= 11 is 0. The minimum absolute atomic E-state index is 0.0321. The molecule has 1 aromatic heterocycles. The molecule has 1 amide bonds. The van der Waals surface area contributed by atoms with E-state index in [2.05, 4.69) is 5.32 Å². The highest BCUT2D eigenvalue weighted by Gasteiger charge is 2.23. The first-order valence-electron chi connectivity index (χ1n) is 8.91. The Bertz CT molecular complexity index is 991. The molecule has 6 nitrogen and oxygen atoms in total. The van der Waals surface area contributed by atoms with Crippen molar-refractivity contribution in [3.63, 3.8) is 0 Å². The summed E-state index contributed by atoms with van der Waals surface area (Å²) in [5.74, 6) is -0.739. The third kappa shape index (κ3) is 3.65. The molecule has 2 N–H and O–H groups in total. The van der Waals surface area contributed by atoms with Gasteiger partial charge in [0.2, 0.25) is 5.91 Å². The van der Waals surface area contributed by atoms with Crippen LogP contribution in [0.15, 0.2) is 48.5 Å². The second-order valence-electron chi connectivity index (χ2n) is 6.05. The van der Waals surface area contributed by atoms with Gasteiger partial charge in [-0.3, -0.25) is 4.79 Å². The number of aromatic nitrogens is 1. The summed E-state index contributed by atoms with van der Waals surface area (Å²) in [6.07, 6.45) is -0.0321. The molecule has 0 saturated heterocycles. The van der Waals surface area contributed by atoms with E-state index in [4.69, 9.17) is 4.74 Å². The van der Waals surface area contributed by atoms with Gasteiger partial charge in [-0.25, -0.2) is 4.79 Å². The second-order valence-corrected chi connectivity index (χ2v) is 6.05. The van der Waals surface area contributed by atoms with E-state index in [1.54, 1.807) is 16.7 Å². The molecular weight excluding hydrogens is 344 g/mol. The summed E-state index contributed by atoms with van der Waals surface area (Å²) in [6, 6.07) is 14.6. The van der Waals surface area contributed by atoms with Crippen molar-refractivity contribution in [2.75, 3.05) is 11.9 Å². The molecule has 0 radical (unpaired) electrons. The summed E-state index contributed by atoms with van der Waals surface area (Å²) < 4.78 is 7.26. The Morgan fingerprint density at radius 2 is 1.78 bits per heavy atom. The van der Waals surface area contributed by atoms with Crippen LogP contribution in [0.1, 0.15) is 29.9 Å². The number of ether oxygens (including phenoxy) is 1. The van der Waals surface area contributed by atoms with E-state index in [1.165, 1.54) is 0 Å². The first kappa shape index (κ1) is 18.5. The van der Waals surface area contributed by atoms with Crippen LogP contribution >= 0.6 is 0 Å². The SMILES string of the molecule is CCOc1ccccc1NC(=O)Cc1c(C(=O)O)n(CC)c2ccccc12. The average Bonchev–Trinajstić information content (AvgIpc) is 2.97. The fourth-order valence-electron chi connectivity index (χ4n) is 3.33. The number of aryl methyl sites for hydroxylation is 1. The number of hydrogen-bond donors (Lipinski definition) is 2. The molecule has 0 aliphatic carbocycles. The molecule has 140 valence electrons. The largest absolute Gasteiger partial charge is 0.492 e. The summed E-state index contributed by atoms with van der Waals surface area (Å²) in [7, 11) is 0. The van der Waals surface area contributed by atoms with E-state index in [-0.39, 0.29) is 18.0 Å². The molecule has 0 bridgehead atoms. The third-order valence-corrected chi connectivity index (χ3v) is 4.39. The van der Waals surface area contributed by atoms with Crippen molar-refractivity contribution in [2.45, 2.75) is 26.8 Å². The minimum atomic E-state index is -1.04. The number of carboxylic acids is 1. The van der Waals surface area contributed by atoms with Gasteiger partial charge in [0.25, 0.3) is 0 Å². The molecule has 0 aliphatic rings. The van der Waals surface area contributed by atoms with Crippen LogP contribution in [0.3, 0.4) is 0 Å². The molecule has 2 aromatic carbocycles.